The molecule has 2 atom stereocenters. The van der Waals surface area contributed by atoms with Crippen LogP contribution in [-0.2, 0) is 14.6 Å². The molecule has 98 valence electrons. The number of carbonyl (C=O) groups excluding carboxylic acids is 1. The normalized spacial score (nSPS) is 32.3. The SMILES string of the molecule is CN(C(=O)C1CCCNC1)C1CCS(=O)(=O)C1. The number of hydrogen-bond donors (Lipinski definition) is 1. The summed E-state index contributed by atoms with van der Waals surface area (Å²) < 4.78 is 22.8. The first-order chi connectivity index (χ1) is 7.99. The Balaban J connectivity index is 1.95. The second-order valence-electron chi connectivity index (χ2n) is 5.05. The van der Waals surface area contributed by atoms with Crippen LogP contribution in [0.2, 0.25) is 0 Å². The summed E-state index contributed by atoms with van der Waals surface area (Å²) in [5.74, 6) is 0.476. The van der Waals surface area contributed by atoms with Crippen molar-refractivity contribution in [2.24, 2.45) is 5.92 Å². The molecule has 0 spiro atoms. The standard InChI is InChI=1S/C11H20N2O3S/c1-13(10-4-6-17(15,16)8-10)11(14)9-3-2-5-12-7-9/h9-10,12H,2-8H2,1H3. The van der Waals surface area contributed by atoms with Crippen molar-refractivity contribution in [3.05, 3.63) is 0 Å². The summed E-state index contributed by atoms with van der Waals surface area (Å²) in [6.07, 6.45) is 2.52. The monoisotopic (exact) mass is 260 g/mol. The summed E-state index contributed by atoms with van der Waals surface area (Å²) in [5.41, 5.74) is 0. The molecule has 2 aliphatic rings. The third-order valence-electron chi connectivity index (χ3n) is 3.75. The van der Waals surface area contributed by atoms with Gasteiger partial charge in [0.2, 0.25) is 5.91 Å². The van der Waals surface area contributed by atoms with E-state index in [0.717, 1.165) is 25.9 Å². The van der Waals surface area contributed by atoms with Gasteiger partial charge in [-0.15, -0.1) is 0 Å². The van der Waals surface area contributed by atoms with E-state index in [1.807, 2.05) is 0 Å². The first-order valence-electron chi connectivity index (χ1n) is 6.17. The van der Waals surface area contributed by atoms with Crippen LogP contribution in [0.25, 0.3) is 0 Å². The molecule has 0 aliphatic carbocycles. The van der Waals surface area contributed by atoms with Gasteiger partial charge in [-0.3, -0.25) is 4.79 Å². The molecule has 0 bridgehead atoms. The zero-order valence-electron chi connectivity index (χ0n) is 10.2. The van der Waals surface area contributed by atoms with Gasteiger partial charge in [0.05, 0.1) is 17.4 Å². The van der Waals surface area contributed by atoms with E-state index < -0.39 is 9.84 Å². The number of amides is 1. The third-order valence-corrected chi connectivity index (χ3v) is 5.50. The molecule has 2 fully saturated rings. The number of sulfone groups is 1. The lowest BCUT2D eigenvalue weighted by Gasteiger charge is -2.30. The Morgan fingerprint density at radius 3 is 2.65 bits per heavy atom. The van der Waals surface area contributed by atoms with Crippen LogP contribution >= 0.6 is 0 Å². The first-order valence-corrected chi connectivity index (χ1v) is 7.99. The van der Waals surface area contributed by atoms with E-state index in [0.29, 0.717) is 6.42 Å². The van der Waals surface area contributed by atoms with Crippen molar-refractivity contribution in [2.75, 3.05) is 31.6 Å². The van der Waals surface area contributed by atoms with Gasteiger partial charge < -0.3 is 10.2 Å². The van der Waals surface area contributed by atoms with E-state index in [2.05, 4.69) is 5.32 Å². The van der Waals surface area contributed by atoms with Gasteiger partial charge in [-0.05, 0) is 25.8 Å². The van der Waals surface area contributed by atoms with Crippen LogP contribution in [0.1, 0.15) is 19.3 Å². The fourth-order valence-corrected chi connectivity index (χ4v) is 4.39. The van der Waals surface area contributed by atoms with Crippen molar-refractivity contribution in [3.8, 4) is 0 Å². The van der Waals surface area contributed by atoms with Gasteiger partial charge in [-0.25, -0.2) is 8.42 Å². The van der Waals surface area contributed by atoms with Gasteiger partial charge in [-0.2, -0.15) is 0 Å². The Morgan fingerprint density at radius 2 is 2.12 bits per heavy atom. The maximum atomic E-state index is 12.2. The summed E-state index contributed by atoms with van der Waals surface area (Å²) in [6.45, 7) is 1.70. The Bertz CT molecular complexity index is 388. The summed E-state index contributed by atoms with van der Waals surface area (Å²) >= 11 is 0. The predicted octanol–water partition coefficient (Wildman–Crippen LogP) is -0.368. The minimum absolute atomic E-state index is 0.0251. The fourth-order valence-electron chi connectivity index (χ4n) is 2.61. The highest BCUT2D eigenvalue weighted by Crippen LogP contribution is 2.20. The lowest BCUT2D eigenvalue weighted by molar-refractivity contribution is -0.136. The zero-order valence-corrected chi connectivity index (χ0v) is 11.0. The van der Waals surface area contributed by atoms with Crippen LogP contribution in [0.5, 0.6) is 0 Å². The van der Waals surface area contributed by atoms with Gasteiger partial charge in [0.25, 0.3) is 0 Å². The average molecular weight is 260 g/mol. The Labute approximate surface area is 102 Å². The number of rotatable bonds is 2. The van der Waals surface area contributed by atoms with E-state index in [9.17, 15) is 13.2 Å². The summed E-state index contributed by atoms with van der Waals surface area (Å²) in [6, 6.07) is -0.116. The molecule has 0 saturated carbocycles. The Hall–Kier alpha value is -0.620. The number of piperidine rings is 1. The van der Waals surface area contributed by atoms with Gasteiger partial charge in [0, 0.05) is 19.6 Å². The molecule has 0 aromatic rings. The molecule has 17 heavy (non-hydrogen) atoms. The van der Waals surface area contributed by atoms with Crippen molar-refractivity contribution >= 4 is 15.7 Å². The molecule has 2 saturated heterocycles. The van der Waals surface area contributed by atoms with E-state index in [4.69, 9.17) is 0 Å². The number of carbonyl (C=O) groups is 1. The minimum Gasteiger partial charge on any atom is -0.341 e. The van der Waals surface area contributed by atoms with Crippen LogP contribution in [0.15, 0.2) is 0 Å². The van der Waals surface area contributed by atoms with E-state index in [-0.39, 0.29) is 29.4 Å². The van der Waals surface area contributed by atoms with Gasteiger partial charge in [0.1, 0.15) is 0 Å². The highest BCUT2D eigenvalue weighted by molar-refractivity contribution is 7.91. The highest BCUT2D eigenvalue weighted by atomic mass is 32.2. The lowest BCUT2D eigenvalue weighted by Crippen LogP contribution is -2.45. The molecule has 6 heteroatoms. The Morgan fingerprint density at radius 1 is 1.35 bits per heavy atom. The molecule has 0 aromatic carbocycles. The zero-order chi connectivity index (χ0) is 12.5. The molecule has 0 aromatic heterocycles. The number of nitrogens with zero attached hydrogens (tertiary/aromatic N) is 1. The van der Waals surface area contributed by atoms with Crippen LogP contribution in [0, 0.1) is 5.92 Å². The fraction of sp³-hybridized carbons (Fsp3) is 0.909. The largest absolute Gasteiger partial charge is 0.341 e. The molecule has 2 unspecified atom stereocenters. The average Bonchev–Trinajstić information content (AvgIpc) is 2.69. The molecule has 2 aliphatic heterocycles. The number of hydrogen-bond acceptors (Lipinski definition) is 4. The summed E-state index contributed by atoms with van der Waals surface area (Å²) in [7, 11) is -1.18. The highest BCUT2D eigenvalue weighted by Gasteiger charge is 2.35. The van der Waals surface area contributed by atoms with Gasteiger partial charge >= 0.3 is 0 Å². The van der Waals surface area contributed by atoms with Crippen molar-refractivity contribution in [2.45, 2.75) is 25.3 Å². The molecule has 1 amide bonds. The quantitative estimate of drug-likeness (QED) is 0.736. The third kappa shape index (κ3) is 2.98. The van der Waals surface area contributed by atoms with Crippen molar-refractivity contribution < 1.29 is 13.2 Å². The predicted molar refractivity (Wildman–Crippen MR) is 65.4 cm³/mol. The second-order valence-corrected chi connectivity index (χ2v) is 7.28. The Kier molecular flexibility index (Phi) is 3.73. The van der Waals surface area contributed by atoms with E-state index in [1.54, 1.807) is 11.9 Å². The van der Waals surface area contributed by atoms with Crippen LogP contribution in [0.3, 0.4) is 0 Å². The van der Waals surface area contributed by atoms with Crippen LogP contribution in [0.4, 0.5) is 0 Å². The molecule has 5 nitrogen and oxygen atoms in total. The van der Waals surface area contributed by atoms with Crippen molar-refractivity contribution in [1.29, 1.82) is 0 Å². The molecular weight excluding hydrogens is 240 g/mol. The van der Waals surface area contributed by atoms with Crippen LogP contribution in [-0.4, -0.2) is 56.9 Å². The van der Waals surface area contributed by atoms with E-state index >= 15 is 0 Å². The van der Waals surface area contributed by atoms with E-state index in [1.165, 1.54) is 0 Å². The molecule has 2 rings (SSSR count). The molecule has 1 N–H and O–H groups in total. The summed E-state index contributed by atoms with van der Waals surface area (Å²) in [4.78, 5) is 13.8. The van der Waals surface area contributed by atoms with Gasteiger partial charge in [-0.1, -0.05) is 0 Å². The van der Waals surface area contributed by atoms with Crippen molar-refractivity contribution in [3.63, 3.8) is 0 Å². The topological polar surface area (TPSA) is 66.5 Å². The van der Waals surface area contributed by atoms with Crippen LogP contribution < -0.4 is 5.32 Å². The van der Waals surface area contributed by atoms with Gasteiger partial charge in [0.15, 0.2) is 9.84 Å². The first kappa shape index (κ1) is 12.8. The second kappa shape index (κ2) is 4.94. The summed E-state index contributed by atoms with van der Waals surface area (Å²) in [5, 5.41) is 3.21. The van der Waals surface area contributed by atoms with Crippen molar-refractivity contribution in [1.82, 2.24) is 10.2 Å². The molecule has 2 heterocycles. The lowest BCUT2D eigenvalue weighted by atomic mass is 9.97. The maximum Gasteiger partial charge on any atom is 0.226 e. The minimum atomic E-state index is -2.91. The molecular formula is C11H20N2O3S. The number of nitrogens with one attached hydrogen (secondary N) is 1. The smallest absolute Gasteiger partial charge is 0.226 e. The maximum absolute atomic E-state index is 12.2. The molecule has 0 radical (unpaired) electrons.